The van der Waals surface area contributed by atoms with Crippen molar-refractivity contribution in [2.45, 2.75) is 13.3 Å². The maximum atomic E-state index is 5.93. The number of hydrogen-bond donors (Lipinski definition) is 2. The fraction of sp³-hybridized carbons (Fsp3) is 0.600. The van der Waals surface area contributed by atoms with Crippen LogP contribution in [0.4, 0.5) is 5.82 Å². The third-order valence-corrected chi connectivity index (χ3v) is 2.20. The normalized spacial score (nSPS) is 10.2. The third-order valence-electron chi connectivity index (χ3n) is 1.93. The molecule has 0 amide bonds. The molecule has 1 aromatic heterocycles. The Kier molecular flexibility index (Phi) is 5.88. The standard InChI is InChI=1S/C10H17ClN4O/c1-3-4-12-5-6-13-9-8(11)7-14-10(15-9)16-2/h7,12H,3-6H2,1-2H3,(H,13,14,15). The lowest BCUT2D eigenvalue weighted by Crippen LogP contribution is -2.23. The molecular formula is C10H17ClN4O. The second-order valence-electron chi connectivity index (χ2n) is 3.23. The SMILES string of the molecule is CCCNCCNc1nc(OC)ncc1Cl. The Balaban J connectivity index is 2.40. The molecule has 0 aliphatic carbocycles. The summed E-state index contributed by atoms with van der Waals surface area (Å²) in [7, 11) is 1.52. The summed E-state index contributed by atoms with van der Waals surface area (Å²) in [6.45, 7) is 4.78. The Morgan fingerprint density at radius 1 is 1.38 bits per heavy atom. The van der Waals surface area contributed by atoms with Crippen molar-refractivity contribution in [1.29, 1.82) is 0 Å². The molecule has 0 saturated carbocycles. The van der Waals surface area contributed by atoms with Crippen LogP contribution in [-0.2, 0) is 0 Å². The van der Waals surface area contributed by atoms with Crippen molar-refractivity contribution in [2.75, 3.05) is 32.1 Å². The van der Waals surface area contributed by atoms with Gasteiger partial charge >= 0.3 is 6.01 Å². The quantitative estimate of drug-likeness (QED) is 0.713. The van der Waals surface area contributed by atoms with Crippen LogP contribution in [0.25, 0.3) is 0 Å². The van der Waals surface area contributed by atoms with Crippen molar-refractivity contribution in [1.82, 2.24) is 15.3 Å². The van der Waals surface area contributed by atoms with Crippen molar-refractivity contribution in [3.05, 3.63) is 11.2 Å². The molecule has 0 aliphatic rings. The first-order valence-corrected chi connectivity index (χ1v) is 5.66. The minimum absolute atomic E-state index is 0.313. The molecule has 2 N–H and O–H groups in total. The molecule has 16 heavy (non-hydrogen) atoms. The smallest absolute Gasteiger partial charge is 0.318 e. The van der Waals surface area contributed by atoms with Crippen LogP contribution >= 0.6 is 11.6 Å². The molecule has 1 heterocycles. The third kappa shape index (κ3) is 4.20. The molecule has 1 rings (SSSR count). The highest BCUT2D eigenvalue weighted by atomic mass is 35.5. The van der Waals surface area contributed by atoms with Crippen LogP contribution in [0, 0.1) is 0 Å². The molecule has 0 saturated heterocycles. The summed E-state index contributed by atoms with van der Waals surface area (Å²) < 4.78 is 4.92. The van der Waals surface area contributed by atoms with Crippen LogP contribution < -0.4 is 15.4 Å². The van der Waals surface area contributed by atoms with E-state index in [0.29, 0.717) is 16.9 Å². The lowest BCUT2D eigenvalue weighted by atomic mass is 10.4. The highest BCUT2D eigenvalue weighted by Crippen LogP contribution is 2.19. The molecule has 1 aromatic rings. The van der Waals surface area contributed by atoms with Gasteiger partial charge in [-0.3, -0.25) is 0 Å². The summed E-state index contributed by atoms with van der Waals surface area (Å²) in [6, 6.07) is 0.313. The first-order valence-electron chi connectivity index (χ1n) is 5.29. The summed E-state index contributed by atoms with van der Waals surface area (Å²) in [6.07, 6.45) is 2.65. The van der Waals surface area contributed by atoms with Crippen LogP contribution in [0.3, 0.4) is 0 Å². The van der Waals surface area contributed by atoms with Gasteiger partial charge in [0.2, 0.25) is 0 Å². The number of rotatable bonds is 7. The zero-order valence-corrected chi connectivity index (χ0v) is 10.3. The highest BCUT2D eigenvalue weighted by Gasteiger charge is 2.04. The van der Waals surface area contributed by atoms with E-state index in [1.54, 1.807) is 0 Å². The summed E-state index contributed by atoms with van der Waals surface area (Å²) in [5, 5.41) is 6.89. The largest absolute Gasteiger partial charge is 0.467 e. The van der Waals surface area contributed by atoms with E-state index in [4.69, 9.17) is 16.3 Å². The van der Waals surface area contributed by atoms with Crippen LogP contribution in [0.1, 0.15) is 13.3 Å². The van der Waals surface area contributed by atoms with Crippen LogP contribution in [0.5, 0.6) is 6.01 Å². The van der Waals surface area contributed by atoms with E-state index in [1.807, 2.05) is 0 Å². The zero-order valence-electron chi connectivity index (χ0n) is 9.59. The molecular weight excluding hydrogens is 228 g/mol. The average Bonchev–Trinajstić information content (AvgIpc) is 2.31. The molecule has 0 atom stereocenters. The van der Waals surface area contributed by atoms with Crippen molar-refractivity contribution >= 4 is 17.4 Å². The van der Waals surface area contributed by atoms with Crippen molar-refractivity contribution in [3.63, 3.8) is 0 Å². The number of nitrogens with zero attached hydrogens (tertiary/aromatic N) is 2. The van der Waals surface area contributed by atoms with Crippen molar-refractivity contribution in [2.24, 2.45) is 0 Å². The minimum atomic E-state index is 0.313. The summed E-state index contributed by atoms with van der Waals surface area (Å²) in [5.41, 5.74) is 0. The van der Waals surface area contributed by atoms with Gasteiger partial charge in [-0.15, -0.1) is 0 Å². The fourth-order valence-corrected chi connectivity index (χ4v) is 1.30. The number of nitrogens with one attached hydrogen (secondary N) is 2. The monoisotopic (exact) mass is 244 g/mol. The minimum Gasteiger partial charge on any atom is -0.467 e. The second kappa shape index (κ2) is 7.24. The van der Waals surface area contributed by atoms with E-state index in [0.717, 1.165) is 26.1 Å². The molecule has 0 radical (unpaired) electrons. The maximum Gasteiger partial charge on any atom is 0.318 e. The van der Waals surface area contributed by atoms with Crippen molar-refractivity contribution < 1.29 is 4.74 Å². The predicted molar refractivity (Wildman–Crippen MR) is 65.2 cm³/mol. The molecule has 0 spiro atoms. The van der Waals surface area contributed by atoms with Gasteiger partial charge in [0.25, 0.3) is 0 Å². The molecule has 0 bridgehead atoms. The molecule has 90 valence electrons. The van der Waals surface area contributed by atoms with Crippen LogP contribution in [0.2, 0.25) is 5.02 Å². The van der Waals surface area contributed by atoms with Gasteiger partial charge in [-0.05, 0) is 13.0 Å². The number of anilines is 1. The molecule has 6 heteroatoms. The van der Waals surface area contributed by atoms with Gasteiger partial charge in [0, 0.05) is 13.1 Å². The van der Waals surface area contributed by atoms with Gasteiger partial charge in [-0.1, -0.05) is 18.5 Å². The van der Waals surface area contributed by atoms with Crippen LogP contribution in [-0.4, -0.2) is 36.7 Å². The first-order chi connectivity index (χ1) is 7.77. The Morgan fingerprint density at radius 3 is 2.88 bits per heavy atom. The van der Waals surface area contributed by atoms with E-state index in [2.05, 4.69) is 27.5 Å². The molecule has 5 nitrogen and oxygen atoms in total. The Bertz CT molecular complexity index is 322. The Hall–Kier alpha value is -1.07. The van der Waals surface area contributed by atoms with Crippen molar-refractivity contribution in [3.8, 4) is 6.01 Å². The number of halogens is 1. The summed E-state index contributed by atoms with van der Waals surface area (Å²) in [4.78, 5) is 8.00. The van der Waals surface area contributed by atoms with E-state index < -0.39 is 0 Å². The molecule has 0 aromatic carbocycles. The van der Waals surface area contributed by atoms with Gasteiger partial charge in [-0.2, -0.15) is 4.98 Å². The number of hydrogen-bond acceptors (Lipinski definition) is 5. The number of aromatic nitrogens is 2. The second-order valence-corrected chi connectivity index (χ2v) is 3.64. The van der Waals surface area contributed by atoms with E-state index in [1.165, 1.54) is 13.3 Å². The van der Waals surface area contributed by atoms with E-state index >= 15 is 0 Å². The fourth-order valence-electron chi connectivity index (χ4n) is 1.14. The summed E-state index contributed by atoms with van der Waals surface area (Å²) in [5.74, 6) is 0.604. The number of methoxy groups -OCH3 is 1. The molecule has 0 unspecified atom stereocenters. The van der Waals surface area contributed by atoms with E-state index in [9.17, 15) is 0 Å². The van der Waals surface area contributed by atoms with Crippen LogP contribution in [0.15, 0.2) is 6.20 Å². The Morgan fingerprint density at radius 2 is 2.19 bits per heavy atom. The highest BCUT2D eigenvalue weighted by molar-refractivity contribution is 6.32. The van der Waals surface area contributed by atoms with Gasteiger partial charge in [-0.25, -0.2) is 4.98 Å². The van der Waals surface area contributed by atoms with Gasteiger partial charge < -0.3 is 15.4 Å². The van der Waals surface area contributed by atoms with Gasteiger partial charge in [0.05, 0.1) is 13.3 Å². The topological polar surface area (TPSA) is 59.1 Å². The lowest BCUT2D eigenvalue weighted by molar-refractivity contribution is 0.380. The molecule has 0 fully saturated rings. The zero-order chi connectivity index (χ0) is 11.8. The summed E-state index contributed by atoms with van der Waals surface area (Å²) >= 11 is 5.93. The maximum absolute atomic E-state index is 5.93. The van der Waals surface area contributed by atoms with E-state index in [-0.39, 0.29) is 0 Å². The van der Waals surface area contributed by atoms with Gasteiger partial charge in [0.1, 0.15) is 5.02 Å². The first kappa shape index (κ1) is 13.0. The lowest BCUT2D eigenvalue weighted by Gasteiger charge is -2.08. The van der Waals surface area contributed by atoms with Gasteiger partial charge in [0.15, 0.2) is 5.82 Å². The number of ether oxygens (including phenoxy) is 1. The predicted octanol–water partition coefficient (Wildman–Crippen LogP) is 1.55. The molecule has 0 aliphatic heterocycles. The average molecular weight is 245 g/mol. The Labute approximate surface area is 101 Å².